The summed E-state index contributed by atoms with van der Waals surface area (Å²) in [6.45, 7) is 2.16. The summed E-state index contributed by atoms with van der Waals surface area (Å²) in [6.07, 6.45) is 2.76. The first-order valence-electron chi connectivity index (χ1n) is 6.81. The van der Waals surface area contributed by atoms with Crippen molar-refractivity contribution in [3.8, 4) is 0 Å². The van der Waals surface area contributed by atoms with E-state index in [0.717, 1.165) is 18.8 Å². The number of hydrogen-bond donors (Lipinski definition) is 2. The Hall–Kier alpha value is -2.14. The summed E-state index contributed by atoms with van der Waals surface area (Å²) in [5, 5.41) is 3.09. The molecule has 1 heterocycles. The molecule has 0 aliphatic carbocycles. The summed E-state index contributed by atoms with van der Waals surface area (Å²) >= 11 is 0. The van der Waals surface area contributed by atoms with Crippen LogP contribution in [0.15, 0.2) is 42.6 Å². The highest BCUT2D eigenvalue weighted by molar-refractivity contribution is 5.41. The van der Waals surface area contributed by atoms with Crippen LogP contribution in [0.2, 0.25) is 0 Å². The van der Waals surface area contributed by atoms with Crippen molar-refractivity contribution in [3.05, 3.63) is 48.2 Å². The molecule has 0 bridgehead atoms. The molecule has 0 aliphatic rings. The predicted octanol–water partition coefficient (Wildman–Crippen LogP) is 1.53. The minimum absolute atomic E-state index is 0.567. The molecule has 0 saturated carbocycles. The molecule has 1 aromatic carbocycles. The summed E-state index contributed by atoms with van der Waals surface area (Å²) in [6, 6.07) is 12.4. The number of aromatic nitrogens is 2. The Bertz CT molecular complexity index is 515. The summed E-state index contributed by atoms with van der Waals surface area (Å²) in [4.78, 5) is 10.8. The second kappa shape index (κ2) is 7.45. The summed E-state index contributed by atoms with van der Waals surface area (Å²) in [5.41, 5.74) is 6.79. The molecule has 1 aromatic heterocycles. The van der Waals surface area contributed by atoms with Crippen LogP contribution in [0, 0.1) is 0 Å². The van der Waals surface area contributed by atoms with Gasteiger partial charge in [0.2, 0.25) is 5.95 Å². The number of nitrogens with two attached hydrogens (primary N) is 1. The van der Waals surface area contributed by atoms with Crippen molar-refractivity contribution < 1.29 is 0 Å². The van der Waals surface area contributed by atoms with Crippen molar-refractivity contribution in [2.45, 2.75) is 6.42 Å². The van der Waals surface area contributed by atoms with Crippen LogP contribution in [0.5, 0.6) is 0 Å². The van der Waals surface area contributed by atoms with Gasteiger partial charge in [-0.15, -0.1) is 0 Å². The Kier molecular flexibility index (Phi) is 5.32. The maximum Gasteiger partial charge on any atom is 0.224 e. The van der Waals surface area contributed by atoms with Gasteiger partial charge >= 0.3 is 0 Å². The Labute approximate surface area is 119 Å². The molecule has 5 heteroatoms. The molecule has 0 radical (unpaired) electrons. The van der Waals surface area contributed by atoms with Gasteiger partial charge in [-0.3, -0.25) is 0 Å². The molecule has 0 saturated heterocycles. The van der Waals surface area contributed by atoms with Gasteiger partial charge in [0, 0.05) is 32.9 Å². The van der Waals surface area contributed by atoms with Crippen LogP contribution in [-0.2, 0) is 6.42 Å². The van der Waals surface area contributed by atoms with Crippen LogP contribution in [-0.4, -0.2) is 36.6 Å². The van der Waals surface area contributed by atoms with E-state index in [9.17, 15) is 0 Å². The van der Waals surface area contributed by atoms with Crippen molar-refractivity contribution in [3.63, 3.8) is 0 Å². The van der Waals surface area contributed by atoms with Crippen LogP contribution in [0.3, 0.4) is 0 Å². The highest BCUT2D eigenvalue weighted by Crippen LogP contribution is 2.11. The first kappa shape index (κ1) is 14.3. The van der Waals surface area contributed by atoms with Crippen LogP contribution >= 0.6 is 0 Å². The number of nitrogens with one attached hydrogen (secondary N) is 1. The SMILES string of the molecule is CN(CCc1ccccc1)c1ccnc(NCCN)n1. The fourth-order valence-electron chi connectivity index (χ4n) is 1.89. The lowest BCUT2D eigenvalue weighted by atomic mass is 10.1. The van der Waals surface area contributed by atoms with Crippen LogP contribution < -0.4 is 16.0 Å². The van der Waals surface area contributed by atoms with Gasteiger partial charge in [-0.2, -0.15) is 4.98 Å². The smallest absolute Gasteiger partial charge is 0.224 e. The Morgan fingerprint density at radius 2 is 2.00 bits per heavy atom. The van der Waals surface area contributed by atoms with Crippen LogP contribution in [0.25, 0.3) is 0 Å². The van der Waals surface area contributed by atoms with Gasteiger partial charge in [-0.25, -0.2) is 4.98 Å². The number of anilines is 2. The largest absolute Gasteiger partial charge is 0.359 e. The van der Waals surface area contributed by atoms with Gasteiger partial charge in [-0.1, -0.05) is 30.3 Å². The molecule has 0 unspecified atom stereocenters. The van der Waals surface area contributed by atoms with E-state index in [1.165, 1.54) is 5.56 Å². The molecule has 2 rings (SSSR count). The quantitative estimate of drug-likeness (QED) is 0.799. The average molecular weight is 271 g/mol. The molecule has 2 aromatic rings. The van der Waals surface area contributed by atoms with E-state index >= 15 is 0 Å². The zero-order chi connectivity index (χ0) is 14.2. The first-order chi connectivity index (χ1) is 9.79. The third kappa shape index (κ3) is 4.20. The van der Waals surface area contributed by atoms with E-state index in [1.807, 2.05) is 19.2 Å². The molecule has 0 fully saturated rings. The molecule has 3 N–H and O–H groups in total. The molecular weight excluding hydrogens is 250 g/mol. The molecule has 0 spiro atoms. The maximum atomic E-state index is 5.46. The number of hydrogen-bond acceptors (Lipinski definition) is 5. The van der Waals surface area contributed by atoms with E-state index in [0.29, 0.717) is 19.0 Å². The Balaban J connectivity index is 1.93. The van der Waals surface area contributed by atoms with Gasteiger partial charge < -0.3 is 16.0 Å². The Morgan fingerprint density at radius 3 is 2.75 bits per heavy atom. The van der Waals surface area contributed by atoms with Crippen molar-refractivity contribution in [2.24, 2.45) is 5.73 Å². The molecule has 0 aliphatic heterocycles. The molecule has 0 atom stereocenters. The van der Waals surface area contributed by atoms with Gasteiger partial charge in [0.1, 0.15) is 5.82 Å². The number of likely N-dealkylation sites (N-methyl/N-ethyl adjacent to an activating group) is 1. The van der Waals surface area contributed by atoms with E-state index in [2.05, 4.69) is 44.5 Å². The van der Waals surface area contributed by atoms with Crippen molar-refractivity contribution in [1.82, 2.24) is 9.97 Å². The van der Waals surface area contributed by atoms with Gasteiger partial charge in [0.15, 0.2) is 0 Å². The molecule has 0 amide bonds. The molecule has 20 heavy (non-hydrogen) atoms. The third-order valence-electron chi connectivity index (χ3n) is 3.04. The number of rotatable bonds is 7. The summed E-state index contributed by atoms with van der Waals surface area (Å²) < 4.78 is 0. The number of benzene rings is 1. The zero-order valence-electron chi connectivity index (χ0n) is 11.8. The fourth-order valence-corrected chi connectivity index (χ4v) is 1.89. The summed E-state index contributed by atoms with van der Waals surface area (Å²) in [7, 11) is 2.04. The lowest BCUT2D eigenvalue weighted by molar-refractivity contribution is 0.854. The molecule has 5 nitrogen and oxygen atoms in total. The van der Waals surface area contributed by atoms with Crippen LogP contribution in [0.1, 0.15) is 5.56 Å². The van der Waals surface area contributed by atoms with Crippen molar-refractivity contribution >= 4 is 11.8 Å². The minimum Gasteiger partial charge on any atom is -0.359 e. The van der Waals surface area contributed by atoms with Gasteiger partial charge in [-0.05, 0) is 18.1 Å². The lowest BCUT2D eigenvalue weighted by Crippen LogP contribution is -2.22. The van der Waals surface area contributed by atoms with Crippen molar-refractivity contribution in [2.75, 3.05) is 36.9 Å². The molecule has 106 valence electrons. The maximum absolute atomic E-state index is 5.46. The van der Waals surface area contributed by atoms with E-state index in [4.69, 9.17) is 5.73 Å². The predicted molar refractivity (Wildman–Crippen MR) is 83.0 cm³/mol. The highest BCUT2D eigenvalue weighted by atomic mass is 15.2. The third-order valence-corrected chi connectivity index (χ3v) is 3.04. The van der Waals surface area contributed by atoms with Gasteiger partial charge in [0.25, 0.3) is 0 Å². The van der Waals surface area contributed by atoms with E-state index in [-0.39, 0.29) is 0 Å². The fraction of sp³-hybridized carbons (Fsp3) is 0.333. The standard InChI is InChI=1S/C15H21N5/c1-20(12-8-13-5-3-2-4-6-13)14-7-10-17-15(19-14)18-11-9-16/h2-7,10H,8-9,11-12,16H2,1H3,(H,17,18,19). The van der Waals surface area contributed by atoms with Crippen LogP contribution in [0.4, 0.5) is 11.8 Å². The highest BCUT2D eigenvalue weighted by Gasteiger charge is 2.04. The van der Waals surface area contributed by atoms with Gasteiger partial charge in [0.05, 0.1) is 0 Å². The zero-order valence-corrected chi connectivity index (χ0v) is 11.8. The second-order valence-electron chi connectivity index (χ2n) is 4.61. The Morgan fingerprint density at radius 1 is 1.20 bits per heavy atom. The topological polar surface area (TPSA) is 67.1 Å². The molecular formula is C15H21N5. The monoisotopic (exact) mass is 271 g/mol. The minimum atomic E-state index is 0.567. The first-order valence-corrected chi connectivity index (χ1v) is 6.81. The second-order valence-corrected chi connectivity index (χ2v) is 4.61. The van der Waals surface area contributed by atoms with Crippen molar-refractivity contribution in [1.29, 1.82) is 0 Å². The average Bonchev–Trinajstić information content (AvgIpc) is 2.52. The lowest BCUT2D eigenvalue weighted by Gasteiger charge is -2.18. The van der Waals surface area contributed by atoms with E-state index in [1.54, 1.807) is 6.20 Å². The normalized spacial score (nSPS) is 10.3. The number of nitrogens with zero attached hydrogens (tertiary/aromatic N) is 3. The summed E-state index contributed by atoms with van der Waals surface area (Å²) in [5.74, 6) is 1.54. The van der Waals surface area contributed by atoms with E-state index < -0.39 is 0 Å².